The molecule has 3 rings (SSSR count). The lowest BCUT2D eigenvalue weighted by molar-refractivity contribution is 0.102. The Bertz CT molecular complexity index is 1190. The van der Waals surface area contributed by atoms with Crippen LogP contribution in [0.3, 0.4) is 0 Å². The molecule has 1 amide bonds. The number of benzene rings is 2. The fourth-order valence-corrected chi connectivity index (χ4v) is 5.11. The third kappa shape index (κ3) is 6.10. The molecule has 0 spiro atoms. The third-order valence-electron chi connectivity index (χ3n) is 4.51. The molecule has 3 aromatic rings. The molecule has 0 aliphatic rings. The zero-order valence-corrected chi connectivity index (χ0v) is 20.2. The Kier molecular flexibility index (Phi) is 7.80. The van der Waals surface area contributed by atoms with Gasteiger partial charge in [0.1, 0.15) is 0 Å². The Labute approximate surface area is 195 Å². The highest BCUT2D eigenvalue weighted by Crippen LogP contribution is 2.35. The average molecular weight is 501 g/mol. The minimum atomic E-state index is -3.33. The van der Waals surface area contributed by atoms with Crippen LogP contribution in [0, 0.1) is 0 Å². The number of amides is 1. The summed E-state index contributed by atoms with van der Waals surface area (Å²) < 4.78 is 29.8. The number of anilines is 1. The lowest BCUT2D eigenvalue weighted by Gasteiger charge is -2.11. The largest absolute Gasteiger partial charge is 0.490 e. The Balaban J connectivity index is 1.73. The molecular formula is C21H22Cl2N2O4S2. The van der Waals surface area contributed by atoms with Crippen molar-refractivity contribution in [2.75, 3.05) is 18.2 Å². The quantitative estimate of drug-likeness (QED) is 0.352. The summed E-state index contributed by atoms with van der Waals surface area (Å²) in [5, 5.41) is 3.57. The molecule has 0 radical (unpaired) electrons. The molecule has 1 heterocycles. The standard InChI is InChI=1S/C21H22Cl2N2O4S2/c1-3-4-5-6-9-29-19-15(22)10-13(11-16(19)23)20(26)25-21-24-17-8-7-14(31(2,27)28)12-18(17)30-21/h7-8,10-12H,3-6,9H2,1-2H3,(H,24,25,26). The van der Waals surface area contributed by atoms with E-state index in [0.717, 1.165) is 31.9 Å². The van der Waals surface area contributed by atoms with Crippen molar-refractivity contribution in [1.29, 1.82) is 0 Å². The number of sulfone groups is 1. The summed E-state index contributed by atoms with van der Waals surface area (Å²) in [6.07, 6.45) is 5.40. The zero-order valence-electron chi connectivity index (χ0n) is 17.1. The van der Waals surface area contributed by atoms with Crippen molar-refractivity contribution >= 4 is 65.6 Å². The first-order valence-electron chi connectivity index (χ1n) is 9.73. The van der Waals surface area contributed by atoms with Gasteiger partial charge in [0, 0.05) is 11.8 Å². The van der Waals surface area contributed by atoms with Gasteiger partial charge in [0.05, 0.1) is 31.8 Å². The van der Waals surface area contributed by atoms with Crippen molar-refractivity contribution in [3.05, 3.63) is 45.9 Å². The summed E-state index contributed by atoms with van der Waals surface area (Å²) in [7, 11) is -3.33. The van der Waals surface area contributed by atoms with Gasteiger partial charge in [-0.05, 0) is 36.8 Å². The molecule has 0 atom stereocenters. The average Bonchev–Trinajstić information content (AvgIpc) is 3.10. The van der Waals surface area contributed by atoms with Gasteiger partial charge in [0.2, 0.25) is 0 Å². The van der Waals surface area contributed by atoms with E-state index in [1.54, 1.807) is 12.1 Å². The molecule has 0 saturated carbocycles. The van der Waals surface area contributed by atoms with Gasteiger partial charge in [-0.1, -0.05) is 60.7 Å². The minimum Gasteiger partial charge on any atom is -0.490 e. The molecule has 2 aromatic carbocycles. The van der Waals surface area contributed by atoms with E-state index < -0.39 is 15.7 Å². The van der Waals surface area contributed by atoms with Gasteiger partial charge in [-0.15, -0.1) is 0 Å². The lowest BCUT2D eigenvalue weighted by Crippen LogP contribution is -2.12. The van der Waals surface area contributed by atoms with Gasteiger partial charge in [-0.25, -0.2) is 13.4 Å². The topological polar surface area (TPSA) is 85.4 Å². The zero-order chi connectivity index (χ0) is 22.6. The van der Waals surface area contributed by atoms with Gasteiger partial charge in [0.25, 0.3) is 5.91 Å². The number of carbonyl (C=O) groups is 1. The first kappa shape index (κ1) is 23.8. The summed E-state index contributed by atoms with van der Waals surface area (Å²) in [4.78, 5) is 17.2. The van der Waals surface area contributed by atoms with Crippen LogP contribution in [0.15, 0.2) is 35.2 Å². The maximum Gasteiger partial charge on any atom is 0.257 e. The molecule has 0 saturated heterocycles. The predicted octanol–water partition coefficient (Wildman–Crippen LogP) is 6.22. The lowest BCUT2D eigenvalue weighted by atomic mass is 10.2. The summed E-state index contributed by atoms with van der Waals surface area (Å²) in [5.41, 5.74) is 0.861. The van der Waals surface area contributed by atoms with Crippen molar-refractivity contribution in [3.63, 3.8) is 0 Å². The second-order valence-electron chi connectivity index (χ2n) is 7.05. The van der Waals surface area contributed by atoms with E-state index in [2.05, 4.69) is 17.2 Å². The van der Waals surface area contributed by atoms with Crippen LogP contribution in [-0.4, -0.2) is 32.2 Å². The predicted molar refractivity (Wildman–Crippen MR) is 127 cm³/mol. The second-order valence-corrected chi connectivity index (χ2v) is 10.9. The van der Waals surface area contributed by atoms with E-state index in [1.165, 1.54) is 29.5 Å². The first-order valence-corrected chi connectivity index (χ1v) is 13.2. The van der Waals surface area contributed by atoms with Gasteiger partial charge in [-0.3, -0.25) is 10.1 Å². The van der Waals surface area contributed by atoms with Crippen molar-refractivity contribution in [2.45, 2.75) is 37.5 Å². The maximum atomic E-state index is 12.7. The van der Waals surface area contributed by atoms with Crippen molar-refractivity contribution in [1.82, 2.24) is 4.98 Å². The Hall–Kier alpha value is -1.87. The molecule has 10 heteroatoms. The molecule has 1 N–H and O–H groups in total. The fraction of sp³-hybridized carbons (Fsp3) is 0.333. The maximum absolute atomic E-state index is 12.7. The summed E-state index contributed by atoms with van der Waals surface area (Å²) in [6, 6.07) is 7.64. The first-order chi connectivity index (χ1) is 14.7. The Morgan fingerprint density at radius 1 is 1.13 bits per heavy atom. The molecular weight excluding hydrogens is 479 g/mol. The number of fused-ring (bicyclic) bond motifs is 1. The van der Waals surface area contributed by atoms with Gasteiger partial charge < -0.3 is 4.74 Å². The molecule has 0 bridgehead atoms. The van der Waals surface area contributed by atoms with Crippen LogP contribution in [0.4, 0.5) is 5.13 Å². The molecule has 1 aromatic heterocycles. The number of hydrogen-bond acceptors (Lipinski definition) is 6. The van der Waals surface area contributed by atoms with Crippen LogP contribution in [0.1, 0.15) is 43.0 Å². The highest BCUT2D eigenvalue weighted by atomic mass is 35.5. The summed E-state index contributed by atoms with van der Waals surface area (Å²) >= 11 is 13.8. The number of carbonyl (C=O) groups excluding carboxylic acids is 1. The number of thiazole rings is 1. The molecule has 31 heavy (non-hydrogen) atoms. The normalized spacial score (nSPS) is 11.6. The molecule has 0 aliphatic heterocycles. The van der Waals surface area contributed by atoms with Gasteiger partial charge in [0.15, 0.2) is 20.7 Å². The number of nitrogens with one attached hydrogen (secondary N) is 1. The van der Waals surface area contributed by atoms with E-state index >= 15 is 0 Å². The number of unbranched alkanes of at least 4 members (excludes halogenated alkanes) is 3. The highest BCUT2D eigenvalue weighted by molar-refractivity contribution is 7.90. The highest BCUT2D eigenvalue weighted by Gasteiger charge is 2.17. The third-order valence-corrected chi connectivity index (χ3v) is 7.12. The van der Waals surface area contributed by atoms with Crippen molar-refractivity contribution < 1.29 is 17.9 Å². The van der Waals surface area contributed by atoms with Crippen LogP contribution in [0.25, 0.3) is 10.2 Å². The van der Waals surface area contributed by atoms with E-state index in [4.69, 9.17) is 27.9 Å². The summed E-state index contributed by atoms with van der Waals surface area (Å²) in [5.74, 6) is -0.0645. The Morgan fingerprint density at radius 3 is 2.48 bits per heavy atom. The molecule has 0 fully saturated rings. The molecule has 0 unspecified atom stereocenters. The number of halogens is 2. The summed E-state index contributed by atoms with van der Waals surface area (Å²) in [6.45, 7) is 2.64. The number of rotatable bonds is 9. The van der Waals surface area contributed by atoms with Crippen LogP contribution >= 0.6 is 34.5 Å². The number of nitrogens with zero attached hydrogens (tertiary/aromatic N) is 1. The number of aromatic nitrogens is 1. The van der Waals surface area contributed by atoms with Gasteiger partial charge in [-0.2, -0.15) is 0 Å². The van der Waals surface area contributed by atoms with E-state index in [1.807, 2.05) is 0 Å². The van der Waals surface area contributed by atoms with E-state index in [0.29, 0.717) is 27.7 Å². The SMILES string of the molecule is CCCCCCOc1c(Cl)cc(C(=O)Nc2nc3ccc(S(C)(=O)=O)cc3s2)cc1Cl. The number of hydrogen-bond donors (Lipinski definition) is 1. The van der Waals surface area contributed by atoms with Crippen LogP contribution in [0.2, 0.25) is 10.0 Å². The molecule has 6 nitrogen and oxygen atoms in total. The van der Waals surface area contributed by atoms with Crippen LogP contribution in [-0.2, 0) is 9.84 Å². The monoisotopic (exact) mass is 500 g/mol. The van der Waals surface area contributed by atoms with E-state index in [-0.39, 0.29) is 20.5 Å². The van der Waals surface area contributed by atoms with Gasteiger partial charge >= 0.3 is 0 Å². The van der Waals surface area contributed by atoms with Crippen LogP contribution in [0.5, 0.6) is 5.75 Å². The van der Waals surface area contributed by atoms with Crippen LogP contribution < -0.4 is 10.1 Å². The molecule has 166 valence electrons. The number of ether oxygens (including phenoxy) is 1. The fourth-order valence-electron chi connectivity index (χ4n) is 2.89. The second kappa shape index (κ2) is 10.2. The smallest absolute Gasteiger partial charge is 0.257 e. The minimum absolute atomic E-state index is 0.199. The Morgan fingerprint density at radius 2 is 1.84 bits per heavy atom. The molecule has 0 aliphatic carbocycles. The van der Waals surface area contributed by atoms with E-state index in [9.17, 15) is 13.2 Å². The van der Waals surface area contributed by atoms with Crippen molar-refractivity contribution in [2.24, 2.45) is 0 Å². The van der Waals surface area contributed by atoms with Crippen molar-refractivity contribution in [3.8, 4) is 5.75 Å².